The molecular weight excluding hydrogens is 550 g/mol. The second-order valence-corrected chi connectivity index (χ2v) is 11.1. The zero-order valence-corrected chi connectivity index (χ0v) is 21.4. The molecule has 0 saturated carbocycles. The number of halogens is 7. The molecule has 1 unspecified atom stereocenters. The SMILES string of the molecule is CP(C)c1c(F)cccc1-c1ccc(N2CCC(NC(=O)Nc3ccc(C(F)(F)F)cc3F)C2=O)c(F)c1F. The van der Waals surface area contributed by atoms with Crippen molar-refractivity contribution < 1.29 is 40.3 Å². The van der Waals surface area contributed by atoms with Gasteiger partial charge in [0.2, 0.25) is 5.91 Å². The van der Waals surface area contributed by atoms with Crippen molar-refractivity contribution in [1.82, 2.24) is 5.32 Å². The number of nitrogens with one attached hydrogen (secondary N) is 2. The van der Waals surface area contributed by atoms with E-state index in [-0.39, 0.29) is 41.2 Å². The number of carbonyl (C=O) groups excluding carboxylic acids is 2. The van der Waals surface area contributed by atoms with Crippen LogP contribution in [0.2, 0.25) is 0 Å². The van der Waals surface area contributed by atoms with Crippen molar-refractivity contribution >= 4 is 36.5 Å². The van der Waals surface area contributed by atoms with Crippen LogP contribution >= 0.6 is 7.92 Å². The Kier molecular flexibility index (Phi) is 7.88. The summed E-state index contributed by atoms with van der Waals surface area (Å²) >= 11 is 0. The first-order chi connectivity index (χ1) is 18.3. The van der Waals surface area contributed by atoms with Crippen LogP contribution < -0.4 is 20.8 Å². The number of hydrogen-bond acceptors (Lipinski definition) is 2. The van der Waals surface area contributed by atoms with Crippen molar-refractivity contribution in [2.75, 3.05) is 30.1 Å². The third kappa shape index (κ3) is 5.71. The van der Waals surface area contributed by atoms with Crippen LogP contribution in [0.15, 0.2) is 48.5 Å². The molecule has 4 rings (SSSR count). The molecule has 0 spiro atoms. The van der Waals surface area contributed by atoms with Gasteiger partial charge >= 0.3 is 12.2 Å². The Balaban J connectivity index is 1.50. The molecule has 5 nitrogen and oxygen atoms in total. The van der Waals surface area contributed by atoms with Crippen molar-refractivity contribution in [2.45, 2.75) is 18.6 Å². The molecule has 13 heteroatoms. The smallest absolute Gasteiger partial charge is 0.326 e. The maximum absolute atomic E-state index is 15.2. The summed E-state index contributed by atoms with van der Waals surface area (Å²) in [5.41, 5.74) is -2.14. The molecule has 2 N–H and O–H groups in total. The van der Waals surface area contributed by atoms with Gasteiger partial charge in [-0.25, -0.2) is 22.4 Å². The van der Waals surface area contributed by atoms with E-state index in [0.717, 1.165) is 11.0 Å². The number of urea groups is 1. The first kappa shape index (κ1) is 28.4. The second-order valence-electron chi connectivity index (χ2n) is 8.91. The van der Waals surface area contributed by atoms with E-state index in [0.29, 0.717) is 6.07 Å². The minimum absolute atomic E-state index is 0.00539. The van der Waals surface area contributed by atoms with Gasteiger partial charge in [0, 0.05) is 17.4 Å². The summed E-state index contributed by atoms with van der Waals surface area (Å²) in [6.45, 7) is 3.46. The van der Waals surface area contributed by atoms with E-state index in [1.807, 2.05) is 5.32 Å². The lowest BCUT2D eigenvalue weighted by molar-refractivity contribution is -0.137. The Morgan fingerprint density at radius 2 is 1.67 bits per heavy atom. The molecule has 0 aromatic heterocycles. The lowest BCUT2D eigenvalue weighted by Crippen LogP contribution is -2.43. The number of anilines is 2. The molecule has 1 aliphatic heterocycles. The number of hydrogen-bond donors (Lipinski definition) is 2. The van der Waals surface area contributed by atoms with Crippen molar-refractivity contribution in [3.8, 4) is 11.1 Å². The molecular formula is C26H21F7N3O2P. The van der Waals surface area contributed by atoms with E-state index in [2.05, 4.69) is 5.32 Å². The minimum Gasteiger partial charge on any atom is -0.326 e. The maximum atomic E-state index is 15.2. The minimum atomic E-state index is -4.77. The van der Waals surface area contributed by atoms with Crippen molar-refractivity contribution in [3.05, 3.63) is 77.4 Å². The number of amides is 3. The highest BCUT2D eigenvalue weighted by atomic mass is 31.1. The quantitative estimate of drug-likeness (QED) is 0.282. The Bertz CT molecular complexity index is 1450. The Labute approximate surface area is 219 Å². The fourth-order valence-corrected chi connectivity index (χ4v) is 5.48. The molecule has 3 aromatic carbocycles. The Hall–Kier alpha value is -3.66. The van der Waals surface area contributed by atoms with E-state index in [1.165, 1.54) is 30.3 Å². The highest BCUT2D eigenvalue weighted by molar-refractivity contribution is 7.64. The van der Waals surface area contributed by atoms with Crippen molar-refractivity contribution in [2.24, 2.45) is 0 Å². The molecule has 1 fully saturated rings. The predicted molar refractivity (Wildman–Crippen MR) is 134 cm³/mol. The molecule has 1 aliphatic rings. The zero-order chi connectivity index (χ0) is 28.6. The van der Waals surface area contributed by atoms with Gasteiger partial charge in [0.25, 0.3) is 0 Å². The summed E-state index contributed by atoms with van der Waals surface area (Å²) in [4.78, 5) is 26.1. The summed E-state index contributed by atoms with van der Waals surface area (Å²) in [6.07, 6.45) is -4.78. The number of nitrogens with zero attached hydrogens (tertiary/aromatic N) is 1. The second kappa shape index (κ2) is 10.8. The molecule has 39 heavy (non-hydrogen) atoms. The summed E-state index contributed by atoms with van der Waals surface area (Å²) in [5, 5.41) is 4.56. The van der Waals surface area contributed by atoms with Gasteiger partial charge in [-0.15, -0.1) is 0 Å². The highest BCUT2D eigenvalue weighted by Gasteiger charge is 2.36. The number of carbonyl (C=O) groups is 2. The van der Waals surface area contributed by atoms with Gasteiger partial charge in [-0.2, -0.15) is 13.2 Å². The van der Waals surface area contributed by atoms with Gasteiger partial charge < -0.3 is 15.5 Å². The van der Waals surface area contributed by atoms with E-state index >= 15 is 8.78 Å². The van der Waals surface area contributed by atoms with Crippen LogP contribution in [0.25, 0.3) is 11.1 Å². The third-order valence-electron chi connectivity index (χ3n) is 6.13. The third-order valence-corrected chi connectivity index (χ3v) is 7.48. The molecule has 0 radical (unpaired) electrons. The van der Waals surface area contributed by atoms with Gasteiger partial charge in [-0.05, 0) is 61.7 Å². The van der Waals surface area contributed by atoms with Crippen molar-refractivity contribution in [1.29, 1.82) is 0 Å². The maximum Gasteiger partial charge on any atom is 0.416 e. The summed E-state index contributed by atoms with van der Waals surface area (Å²) < 4.78 is 96.9. The number of benzene rings is 3. The normalized spacial score (nSPS) is 15.7. The molecule has 1 heterocycles. The highest BCUT2D eigenvalue weighted by Crippen LogP contribution is 2.37. The van der Waals surface area contributed by atoms with Crippen LogP contribution in [0.1, 0.15) is 12.0 Å². The van der Waals surface area contributed by atoms with Crippen LogP contribution in [0.4, 0.5) is 46.9 Å². The van der Waals surface area contributed by atoms with Crippen LogP contribution in [0, 0.1) is 23.3 Å². The summed E-state index contributed by atoms with van der Waals surface area (Å²) in [6, 6.07) is 5.80. The van der Waals surface area contributed by atoms with E-state index in [1.54, 1.807) is 13.3 Å². The lowest BCUT2D eigenvalue weighted by Gasteiger charge is -2.20. The van der Waals surface area contributed by atoms with Gasteiger partial charge in [0.05, 0.1) is 16.9 Å². The molecule has 0 bridgehead atoms. The first-order valence-electron chi connectivity index (χ1n) is 11.5. The molecule has 0 aliphatic carbocycles. The van der Waals surface area contributed by atoms with Crippen LogP contribution in [0.3, 0.4) is 0 Å². The van der Waals surface area contributed by atoms with Crippen LogP contribution in [0.5, 0.6) is 0 Å². The van der Waals surface area contributed by atoms with Gasteiger partial charge in [0.15, 0.2) is 11.6 Å². The number of alkyl halides is 3. The summed E-state index contributed by atoms with van der Waals surface area (Å²) in [5.74, 6) is -5.25. The topological polar surface area (TPSA) is 61.4 Å². The van der Waals surface area contributed by atoms with Crippen LogP contribution in [-0.4, -0.2) is 37.9 Å². The van der Waals surface area contributed by atoms with E-state index in [4.69, 9.17) is 0 Å². The van der Waals surface area contributed by atoms with Crippen molar-refractivity contribution in [3.63, 3.8) is 0 Å². The Morgan fingerprint density at radius 1 is 0.949 bits per heavy atom. The molecule has 1 saturated heterocycles. The van der Waals surface area contributed by atoms with Gasteiger partial charge in [-0.3, -0.25) is 4.79 Å². The van der Waals surface area contributed by atoms with Crippen LogP contribution in [-0.2, 0) is 11.0 Å². The average molecular weight is 571 g/mol. The largest absolute Gasteiger partial charge is 0.416 e. The van der Waals surface area contributed by atoms with E-state index < -0.39 is 66.6 Å². The lowest BCUT2D eigenvalue weighted by atomic mass is 10.0. The average Bonchev–Trinajstić information content (AvgIpc) is 3.20. The predicted octanol–water partition coefficient (Wildman–Crippen LogP) is 6.22. The number of rotatable bonds is 5. The summed E-state index contributed by atoms with van der Waals surface area (Å²) in [7, 11) is -0.997. The Morgan fingerprint density at radius 3 is 2.31 bits per heavy atom. The van der Waals surface area contributed by atoms with Gasteiger partial charge in [-0.1, -0.05) is 20.1 Å². The first-order valence-corrected chi connectivity index (χ1v) is 13.7. The standard InChI is InChI=1S/C26H21F7N3O2P/c1-39(2)23-15(4-3-5-16(23)27)14-7-9-20(22(30)21(14)29)36-11-10-19(24(36)37)35-25(38)34-18-8-6-13(12-17(18)28)26(31,32)33/h3-9,12,19H,10-11H2,1-2H3,(H2,34,35,38). The molecule has 3 amide bonds. The van der Waals surface area contributed by atoms with Gasteiger partial charge in [0.1, 0.15) is 17.7 Å². The molecule has 3 aromatic rings. The van der Waals surface area contributed by atoms with E-state index in [9.17, 15) is 31.5 Å². The fourth-order valence-electron chi connectivity index (χ4n) is 4.31. The molecule has 1 atom stereocenters. The zero-order valence-electron chi connectivity index (χ0n) is 20.5. The molecule has 206 valence electrons. The fraction of sp³-hybridized carbons (Fsp3) is 0.231. The monoisotopic (exact) mass is 571 g/mol.